The lowest BCUT2D eigenvalue weighted by Crippen LogP contribution is -2.39. The van der Waals surface area contributed by atoms with Crippen LogP contribution in [0.25, 0.3) is 0 Å². The molecule has 1 saturated heterocycles. The molecule has 2 unspecified atom stereocenters. The lowest BCUT2D eigenvalue weighted by Gasteiger charge is -2.33. The number of benzene rings is 2. The molecule has 0 bridgehead atoms. The molecule has 2 heterocycles. The number of nitrogens with zero attached hydrogens (tertiary/aromatic N) is 2. The quantitative estimate of drug-likeness (QED) is 0.287. The zero-order chi connectivity index (χ0) is 28.3. The lowest BCUT2D eigenvalue weighted by atomic mass is 9.80. The van der Waals surface area contributed by atoms with Gasteiger partial charge in [-0.15, -0.1) is 0 Å². The first kappa shape index (κ1) is 28.0. The molecule has 0 spiro atoms. The van der Waals surface area contributed by atoms with Gasteiger partial charge in [0.15, 0.2) is 0 Å². The van der Waals surface area contributed by atoms with Crippen molar-refractivity contribution in [3.8, 4) is 0 Å². The predicted octanol–water partition coefficient (Wildman–Crippen LogP) is 4.99. The minimum absolute atomic E-state index is 0.134. The van der Waals surface area contributed by atoms with E-state index in [1.165, 1.54) is 17.7 Å². The highest BCUT2D eigenvalue weighted by Gasteiger charge is 2.43. The van der Waals surface area contributed by atoms with Crippen LogP contribution in [-0.2, 0) is 25.6 Å². The van der Waals surface area contributed by atoms with E-state index >= 15 is 0 Å². The number of ether oxygens (including phenoxy) is 2. The molecule has 9 heteroatoms. The maximum absolute atomic E-state index is 13.9. The summed E-state index contributed by atoms with van der Waals surface area (Å²) >= 11 is 0. The van der Waals surface area contributed by atoms with E-state index in [2.05, 4.69) is 22.3 Å². The third-order valence-electron chi connectivity index (χ3n) is 7.06. The highest BCUT2D eigenvalue weighted by molar-refractivity contribution is 6.00. The van der Waals surface area contributed by atoms with Crippen molar-refractivity contribution in [3.63, 3.8) is 0 Å². The van der Waals surface area contributed by atoms with E-state index in [-0.39, 0.29) is 22.9 Å². The minimum Gasteiger partial charge on any atom is -0.460 e. The first-order valence-corrected chi connectivity index (χ1v) is 13.1. The Balaban J connectivity index is 1.65. The van der Waals surface area contributed by atoms with Crippen molar-refractivity contribution in [2.45, 2.75) is 65.2 Å². The minimum atomic E-state index is -0.893. The van der Waals surface area contributed by atoms with E-state index in [1.54, 1.807) is 39.8 Å². The van der Waals surface area contributed by atoms with E-state index in [4.69, 9.17) is 9.47 Å². The predicted molar refractivity (Wildman–Crippen MR) is 146 cm³/mol. The van der Waals surface area contributed by atoms with Crippen molar-refractivity contribution in [2.24, 2.45) is 0 Å². The summed E-state index contributed by atoms with van der Waals surface area (Å²) in [5.41, 5.74) is 2.26. The van der Waals surface area contributed by atoms with Crippen molar-refractivity contribution in [1.29, 1.82) is 0 Å². The summed E-state index contributed by atoms with van der Waals surface area (Å²) in [6, 6.07) is 16.1. The van der Waals surface area contributed by atoms with Gasteiger partial charge in [-0.2, -0.15) is 0 Å². The van der Waals surface area contributed by atoms with Gasteiger partial charge in [-0.05, 0) is 45.7 Å². The second kappa shape index (κ2) is 11.4. The molecule has 2 aromatic rings. The van der Waals surface area contributed by atoms with Crippen molar-refractivity contribution in [1.82, 2.24) is 10.2 Å². The summed E-state index contributed by atoms with van der Waals surface area (Å²) in [6.45, 7) is 11.0. The molecule has 0 radical (unpaired) electrons. The van der Waals surface area contributed by atoms with Crippen LogP contribution in [0.2, 0.25) is 0 Å². The molecule has 0 saturated carbocycles. The van der Waals surface area contributed by atoms with Crippen LogP contribution in [0.15, 0.2) is 77.1 Å². The number of nitro benzene ring substituents is 1. The number of carbonyl (C=O) groups is 2. The van der Waals surface area contributed by atoms with Gasteiger partial charge in [0, 0.05) is 49.6 Å². The van der Waals surface area contributed by atoms with Gasteiger partial charge in [-0.25, -0.2) is 9.59 Å². The SMILES string of the molecule is CC1=C(C(=O)OC(C)C)C(c2cccc([N+](=O)[O-])c2)C(C(=O)OC2(C)CCN(Cc3ccccc3)C2)=C(C)N1. The van der Waals surface area contributed by atoms with Crippen LogP contribution in [0.1, 0.15) is 58.1 Å². The Kier molecular flexibility index (Phi) is 8.20. The number of non-ortho nitro benzene ring substituents is 1. The first-order valence-electron chi connectivity index (χ1n) is 13.1. The summed E-state index contributed by atoms with van der Waals surface area (Å²) in [7, 11) is 0. The molecule has 2 aliphatic heterocycles. The van der Waals surface area contributed by atoms with Gasteiger partial charge in [0.2, 0.25) is 0 Å². The fourth-order valence-corrected chi connectivity index (χ4v) is 5.33. The maximum atomic E-state index is 13.9. The molecule has 0 amide bonds. The number of hydrogen-bond acceptors (Lipinski definition) is 8. The lowest BCUT2D eigenvalue weighted by molar-refractivity contribution is -0.384. The standard InChI is InChI=1S/C30H35N3O6/c1-19(2)38-28(34)25-20(3)31-21(4)26(27(25)23-12-9-13-24(16-23)33(36)37)29(35)39-30(5)14-15-32(18-30)17-22-10-7-6-8-11-22/h6-13,16,19,27,31H,14-15,17-18H2,1-5H3. The average molecular weight is 534 g/mol. The molecule has 39 heavy (non-hydrogen) atoms. The Labute approximate surface area is 228 Å². The zero-order valence-corrected chi connectivity index (χ0v) is 23.0. The number of nitrogens with one attached hydrogen (secondary N) is 1. The molecule has 4 rings (SSSR count). The molecule has 0 aromatic heterocycles. The molecule has 9 nitrogen and oxygen atoms in total. The number of nitro groups is 1. The van der Waals surface area contributed by atoms with Crippen LogP contribution >= 0.6 is 0 Å². The second-order valence-corrected chi connectivity index (χ2v) is 10.7. The Morgan fingerprint density at radius 2 is 1.74 bits per heavy atom. The molecule has 0 aliphatic carbocycles. The summed E-state index contributed by atoms with van der Waals surface area (Å²) in [4.78, 5) is 40.5. The molecule has 2 aliphatic rings. The van der Waals surface area contributed by atoms with Crippen molar-refractivity contribution in [3.05, 3.63) is 98.4 Å². The van der Waals surface area contributed by atoms with Gasteiger partial charge in [-0.3, -0.25) is 15.0 Å². The van der Waals surface area contributed by atoms with Crippen LogP contribution in [0.3, 0.4) is 0 Å². The topological polar surface area (TPSA) is 111 Å². The Morgan fingerprint density at radius 1 is 1.08 bits per heavy atom. The second-order valence-electron chi connectivity index (χ2n) is 10.7. The Hall–Kier alpha value is -3.98. The molecular weight excluding hydrogens is 498 g/mol. The number of likely N-dealkylation sites (tertiary alicyclic amines) is 1. The normalized spacial score (nSPS) is 21.6. The molecule has 206 valence electrons. The Bertz CT molecular complexity index is 1330. The summed E-state index contributed by atoms with van der Waals surface area (Å²) < 4.78 is 11.7. The number of hydrogen-bond donors (Lipinski definition) is 1. The smallest absolute Gasteiger partial charge is 0.337 e. The average Bonchev–Trinajstić information content (AvgIpc) is 3.23. The fourth-order valence-electron chi connectivity index (χ4n) is 5.33. The molecular formula is C30H35N3O6. The number of allylic oxidation sites excluding steroid dienone is 2. The van der Waals surface area contributed by atoms with Crippen LogP contribution in [0.4, 0.5) is 5.69 Å². The number of carbonyl (C=O) groups excluding carboxylic acids is 2. The van der Waals surface area contributed by atoms with E-state index in [1.807, 2.05) is 25.1 Å². The van der Waals surface area contributed by atoms with Crippen molar-refractivity contribution < 1.29 is 24.0 Å². The number of esters is 2. The van der Waals surface area contributed by atoms with Gasteiger partial charge in [-0.1, -0.05) is 42.5 Å². The third-order valence-corrected chi connectivity index (χ3v) is 7.06. The van der Waals surface area contributed by atoms with E-state index < -0.39 is 28.4 Å². The van der Waals surface area contributed by atoms with Gasteiger partial charge in [0.1, 0.15) is 5.60 Å². The number of dihydropyridines is 1. The van der Waals surface area contributed by atoms with Gasteiger partial charge in [0.05, 0.1) is 28.1 Å². The van der Waals surface area contributed by atoms with Gasteiger partial charge < -0.3 is 14.8 Å². The van der Waals surface area contributed by atoms with Crippen LogP contribution in [0.5, 0.6) is 0 Å². The van der Waals surface area contributed by atoms with Crippen molar-refractivity contribution >= 4 is 17.6 Å². The van der Waals surface area contributed by atoms with E-state index in [0.29, 0.717) is 29.9 Å². The fraction of sp³-hybridized carbons (Fsp3) is 0.400. The highest BCUT2D eigenvalue weighted by atomic mass is 16.6. The monoisotopic (exact) mass is 533 g/mol. The summed E-state index contributed by atoms with van der Waals surface area (Å²) in [5, 5.41) is 14.7. The van der Waals surface area contributed by atoms with E-state index in [0.717, 1.165) is 13.1 Å². The van der Waals surface area contributed by atoms with Crippen molar-refractivity contribution in [2.75, 3.05) is 13.1 Å². The zero-order valence-electron chi connectivity index (χ0n) is 23.0. The Morgan fingerprint density at radius 3 is 2.38 bits per heavy atom. The first-order chi connectivity index (χ1) is 18.5. The summed E-state index contributed by atoms with van der Waals surface area (Å²) in [5.74, 6) is -2.05. The molecule has 2 aromatic carbocycles. The highest BCUT2D eigenvalue weighted by Crippen LogP contribution is 2.41. The largest absolute Gasteiger partial charge is 0.460 e. The third kappa shape index (κ3) is 6.37. The molecule has 1 N–H and O–H groups in total. The molecule has 2 atom stereocenters. The van der Waals surface area contributed by atoms with Crippen LogP contribution < -0.4 is 5.32 Å². The van der Waals surface area contributed by atoms with E-state index in [9.17, 15) is 19.7 Å². The molecule has 1 fully saturated rings. The number of rotatable bonds is 8. The summed E-state index contributed by atoms with van der Waals surface area (Å²) in [6.07, 6.45) is 0.267. The maximum Gasteiger partial charge on any atom is 0.337 e. The van der Waals surface area contributed by atoms with Crippen LogP contribution in [-0.4, -0.2) is 46.6 Å². The van der Waals surface area contributed by atoms with Gasteiger partial charge in [0.25, 0.3) is 5.69 Å². The van der Waals surface area contributed by atoms with Crippen LogP contribution in [0, 0.1) is 10.1 Å². The van der Waals surface area contributed by atoms with Gasteiger partial charge >= 0.3 is 11.9 Å².